The van der Waals surface area contributed by atoms with Crippen molar-refractivity contribution in [2.45, 2.75) is 57.3 Å². The predicted molar refractivity (Wildman–Crippen MR) is 103 cm³/mol. The van der Waals surface area contributed by atoms with Crippen LogP contribution in [0.4, 0.5) is 0 Å². The van der Waals surface area contributed by atoms with E-state index in [9.17, 15) is 4.79 Å². The number of carbonyl (C=O) groups excluding carboxylic acids is 1. The number of hydrogen-bond donors (Lipinski definition) is 0. The number of nitrogens with zero attached hydrogens (tertiary/aromatic N) is 3. The number of aromatic nitrogens is 2. The lowest BCUT2D eigenvalue weighted by molar-refractivity contribution is -0.134. The average molecular weight is 356 g/mol. The van der Waals surface area contributed by atoms with Gasteiger partial charge in [0.1, 0.15) is 0 Å². The molecule has 2 heterocycles. The van der Waals surface area contributed by atoms with Crippen LogP contribution >= 0.6 is 11.8 Å². The first-order chi connectivity index (χ1) is 12.0. The number of hydrogen-bond acceptors (Lipinski definition) is 4. The summed E-state index contributed by atoms with van der Waals surface area (Å²) in [6.45, 7) is 6.26. The van der Waals surface area contributed by atoms with Gasteiger partial charge in [-0.05, 0) is 46.1 Å². The molecule has 0 unspecified atom stereocenters. The van der Waals surface area contributed by atoms with Gasteiger partial charge in [0, 0.05) is 23.3 Å². The van der Waals surface area contributed by atoms with Crippen LogP contribution in [0, 0.1) is 6.92 Å². The van der Waals surface area contributed by atoms with Gasteiger partial charge in [-0.3, -0.25) is 4.79 Å². The maximum atomic E-state index is 12.7. The van der Waals surface area contributed by atoms with Crippen molar-refractivity contribution >= 4 is 17.7 Å². The molecule has 1 aromatic heterocycles. The van der Waals surface area contributed by atoms with Crippen LogP contribution in [0.3, 0.4) is 0 Å². The highest BCUT2D eigenvalue weighted by molar-refractivity contribution is 7.99. The van der Waals surface area contributed by atoms with Gasteiger partial charge in [-0.1, -0.05) is 42.1 Å². The van der Waals surface area contributed by atoms with E-state index >= 15 is 0 Å². The van der Waals surface area contributed by atoms with Crippen LogP contribution < -0.4 is 0 Å². The fourth-order valence-corrected chi connectivity index (χ4v) is 4.25. The zero-order chi connectivity index (χ0) is 17.8. The van der Waals surface area contributed by atoms with Crippen LogP contribution in [0.15, 0.2) is 41.6 Å². The summed E-state index contributed by atoms with van der Waals surface area (Å²) in [5, 5.41) is 0.671. The van der Waals surface area contributed by atoms with E-state index in [1.54, 1.807) is 0 Å². The van der Waals surface area contributed by atoms with Gasteiger partial charge in [0.05, 0.1) is 11.4 Å². The van der Waals surface area contributed by atoms with Crippen LogP contribution in [0.1, 0.15) is 38.8 Å². The van der Waals surface area contributed by atoms with Crippen LogP contribution in [0.25, 0.3) is 11.3 Å². The fraction of sp³-hybridized carbons (Fsp3) is 0.450. The molecule has 0 aliphatic carbocycles. The second-order valence-electron chi connectivity index (χ2n) is 6.76. The summed E-state index contributed by atoms with van der Waals surface area (Å²) in [6, 6.07) is 12.7. The van der Waals surface area contributed by atoms with Gasteiger partial charge < -0.3 is 4.90 Å². The number of rotatable bonds is 4. The molecule has 0 spiro atoms. The van der Waals surface area contributed by atoms with E-state index < -0.39 is 0 Å². The normalized spacial score (nSPS) is 20.5. The molecular formula is C20H25N3OS. The highest BCUT2D eigenvalue weighted by Gasteiger charge is 2.28. The van der Waals surface area contributed by atoms with E-state index in [0.29, 0.717) is 23.0 Å². The minimum atomic E-state index is 0.191. The summed E-state index contributed by atoms with van der Waals surface area (Å²) in [6.07, 6.45) is 3.40. The summed E-state index contributed by atoms with van der Waals surface area (Å²) >= 11 is 1.44. The van der Waals surface area contributed by atoms with Gasteiger partial charge >= 0.3 is 0 Å². The third kappa shape index (κ3) is 4.40. The van der Waals surface area contributed by atoms with Gasteiger partial charge in [-0.15, -0.1) is 0 Å². The largest absolute Gasteiger partial charge is 0.337 e. The lowest BCUT2D eigenvalue weighted by Gasteiger charge is -2.39. The van der Waals surface area contributed by atoms with E-state index in [2.05, 4.69) is 23.8 Å². The summed E-state index contributed by atoms with van der Waals surface area (Å²) in [5.41, 5.74) is 2.89. The molecule has 132 valence electrons. The van der Waals surface area contributed by atoms with Crippen molar-refractivity contribution in [2.24, 2.45) is 0 Å². The number of thioether (sulfide) groups is 1. The minimum absolute atomic E-state index is 0.191. The molecule has 1 aliphatic rings. The first-order valence-electron chi connectivity index (χ1n) is 8.89. The van der Waals surface area contributed by atoms with Crippen molar-refractivity contribution in [2.75, 3.05) is 5.75 Å². The smallest absolute Gasteiger partial charge is 0.233 e. The third-order valence-electron chi connectivity index (χ3n) is 4.71. The number of likely N-dealkylation sites (tertiary alicyclic amines) is 1. The van der Waals surface area contributed by atoms with E-state index in [4.69, 9.17) is 0 Å². The fourth-order valence-electron chi connectivity index (χ4n) is 3.48. The molecule has 1 aromatic carbocycles. The molecule has 1 fully saturated rings. The Morgan fingerprint density at radius 3 is 2.52 bits per heavy atom. The Morgan fingerprint density at radius 2 is 1.84 bits per heavy atom. The van der Waals surface area contributed by atoms with Crippen molar-refractivity contribution in [3.63, 3.8) is 0 Å². The van der Waals surface area contributed by atoms with Crippen molar-refractivity contribution in [3.8, 4) is 11.3 Å². The highest BCUT2D eigenvalue weighted by atomic mass is 32.2. The number of carbonyl (C=O) groups is 1. The van der Waals surface area contributed by atoms with Gasteiger partial charge in [0.25, 0.3) is 0 Å². The van der Waals surface area contributed by atoms with Gasteiger partial charge in [0.2, 0.25) is 5.91 Å². The van der Waals surface area contributed by atoms with Crippen LogP contribution in [-0.4, -0.2) is 38.6 Å². The summed E-state index contributed by atoms with van der Waals surface area (Å²) in [5.74, 6) is 0.586. The first-order valence-corrected chi connectivity index (χ1v) is 9.88. The second-order valence-corrected chi connectivity index (χ2v) is 7.70. The molecule has 1 aliphatic heterocycles. The zero-order valence-corrected chi connectivity index (χ0v) is 15.9. The van der Waals surface area contributed by atoms with Gasteiger partial charge in [-0.25, -0.2) is 9.97 Å². The molecule has 0 saturated carbocycles. The average Bonchev–Trinajstić information content (AvgIpc) is 2.60. The molecule has 5 heteroatoms. The van der Waals surface area contributed by atoms with Crippen molar-refractivity contribution in [3.05, 3.63) is 42.1 Å². The highest BCUT2D eigenvalue weighted by Crippen LogP contribution is 2.25. The molecule has 4 nitrogen and oxygen atoms in total. The van der Waals surface area contributed by atoms with Crippen molar-refractivity contribution < 1.29 is 4.79 Å². The van der Waals surface area contributed by atoms with E-state index in [0.717, 1.165) is 29.8 Å². The lowest BCUT2D eigenvalue weighted by Crippen LogP contribution is -2.48. The number of aryl methyl sites for hydroxylation is 1. The number of benzene rings is 1. The Morgan fingerprint density at radius 1 is 1.16 bits per heavy atom. The molecule has 1 amide bonds. The quantitative estimate of drug-likeness (QED) is 0.605. The first kappa shape index (κ1) is 17.9. The minimum Gasteiger partial charge on any atom is -0.337 e. The molecule has 2 atom stereocenters. The maximum absolute atomic E-state index is 12.7. The Balaban J connectivity index is 1.71. The molecule has 0 bridgehead atoms. The van der Waals surface area contributed by atoms with E-state index in [1.165, 1.54) is 18.2 Å². The van der Waals surface area contributed by atoms with E-state index in [1.807, 2.05) is 48.2 Å². The Labute approximate surface area is 154 Å². The molecule has 3 rings (SSSR count). The topological polar surface area (TPSA) is 46.1 Å². The van der Waals surface area contributed by atoms with Crippen molar-refractivity contribution in [1.29, 1.82) is 0 Å². The SMILES string of the molecule is Cc1cc(-c2ccccc2)nc(SCC(=O)N2[C@H](C)CCC[C@H]2C)n1. The molecule has 1 saturated heterocycles. The molecular weight excluding hydrogens is 330 g/mol. The van der Waals surface area contributed by atoms with Gasteiger partial charge in [0.15, 0.2) is 5.16 Å². The lowest BCUT2D eigenvalue weighted by atomic mass is 9.98. The van der Waals surface area contributed by atoms with Crippen LogP contribution in [0.2, 0.25) is 0 Å². The predicted octanol–water partition coefficient (Wildman–Crippen LogP) is 4.33. The van der Waals surface area contributed by atoms with E-state index in [-0.39, 0.29) is 5.91 Å². The summed E-state index contributed by atoms with van der Waals surface area (Å²) < 4.78 is 0. The molecule has 25 heavy (non-hydrogen) atoms. The van der Waals surface area contributed by atoms with Gasteiger partial charge in [-0.2, -0.15) is 0 Å². The van der Waals surface area contributed by atoms with Crippen LogP contribution in [-0.2, 0) is 4.79 Å². The zero-order valence-electron chi connectivity index (χ0n) is 15.1. The Kier molecular flexibility index (Phi) is 5.74. The standard InChI is InChI=1S/C20H25N3OS/c1-14-12-18(17-10-5-4-6-11-17)22-20(21-14)25-13-19(24)23-15(2)8-7-9-16(23)3/h4-6,10-12,15-16H,7-9,13H2,1-3H3/t15-,16-/m1/s1. The summed E-state index contributed by atoms with van der Waals surface area (Å²) in [4.78, 5) is 23.9. The molecule has 0 N–H and O–H groups in total. The number of piperidine rings is 1. The second kappa shape index (κ2) is 8.00. The Hall–Kier alpha value is -1.88. The monoisotopic (exact) mass is 355 g/mol. The third-order valence-corrected chi connectivity index (χ3v) is 5.54. The van der Waals surface area contributed by atoms with Crippen molar-refractivity contribution in [1.82, 2.24) is 14.9 Å². The maximum Gasteiger partial charge on any atom is 0.233 e. The molecule has 2 aromatic rings. The summed E-state index contributed by atoms with van der Waals surface area (Å²) in [7, 11) is 0. The molecule has 0 radical (unpaired) electrons. The number of amides is 1. The van der Waals surface area contributed by atoms with Crippen LogP contribution in [0.5, 0.6) is 0 Å². The Bertz CT molecular complexity index is 725.